The van der Waals surface area contributed by atoms with Gasteiger partial charge in [0.1, 0.15) is 10.7 Å². The van der Waals surface area contributed by atoms with Crippen molar-refractivity contribution >= 4 is 39.9 Å². The second kappa shape index (κ2) is 5.81. The first-order valence-corrected chi connectivity index (χ1v) is 7.84. The topological polar surface area (TPSA) is 85.1 Å². The quantitative estimate of drug-likeness (QED) is 0.678. The predicted octanol–water partition coefficient (Wildman–Crippen LogP) is 3.52. The Kier molecular flexibility index (Phi) is 4.04. The number of pyridine rings is 2. The molecule has 0 saturated heterocycles. The van der Waals surface area contributed by atoms with Crippen molar-refractivity contribution in [3.8, 4) is 5.13 Å². The minimum atomic E-state index is -4.65. The van der Waals surface area contributed by atoms with Crippen LogP contribution in [0, 0.1) is 6.92 Å². The maximum Gasteiger partial charge on any atom is 0.434 e. The molecule has 3 aromatic rings. The molecular weight excluding hydrogens is 383 g/mol. The lowest BCUT2D eigenvalue weighted by Gasteiger charge is -2.10. The van der Waals surface area contributed by atoms with Crippen molar-refractivity contribution in [2.45, 2.75) is 13.1 Å². The fourth-order valence-electron chi connectivity index (χ4n) is 2.26. The number of fused-ring (bicyclic) bond motifs is 1. The largest absolute Gasteiger partial charge is 0.477 e. The number of halogens is 4. The van der Waals surface area contributed by atoms with Crippen LogP contribution in [0.15, 0.2) is 22.4 Å². The van der Waals surface area contributed by atoms with E-state index in [4.69, 9.17) is 11.6 Å². The Morgan fingerprint density at radius 1 is 1.36 bits per heavy atom. The first kappa shape index (κ1) is 17.4. The fraction of sp³-hybridized carbons (Fsp3) is 0.143. The molecule has 3 rings (SSSR count). The van der Waals surface area contributed by atoms with Gasteiger partial charge in [-0.2, -0.15) is 13.2 Å². The lowest BCUT2D eigenvalue weighted by atomic mass is 10.1. The van der Waals surface area contributed by atoms with E-state index in [0.29, 0.717) is 16.9 Å². The molecule has 1 N–H and O–H groups in total. The Morgan fingerprint density at radius 3 is 2.60 bits per heavy atom. The molecule has 0 aliphatic carbocycles. The summed E-state index contributed by atoms with van der Waals surface area (Å²) >= 11 is 6.51. The molecule has 0 spiro atoms. The molecule has 3 heterocycles. The van der Waals surface area contributed by atoms with Gasteiger partial charge in [0, 0.05) is 11.6 Å². The smallest absolute Gasteiger partial charge is 0.434 e. The number of aromatic carboxylic acids is 1. The highest BCUT2D eigenvalue weighted by Crippen LogP contribution is 2.32. The number of aryl methyl sites for hydroxylation is 1. The molecule has 130 valence electrons. The number of carboxylic acids is 1. The summed E-state index contributed by atoms with van der Waals surface area (Å²) in [6, 6.07) is 1.37. The molecule has 0 radical (unpaired) electrons. The van der Waals surface area contributed by atoms with Crippen molar-refractivity contribution in [1.29, 1.82) is 0 Å². The Morgan fingerprint density at radius 2 is 2.04 bits per heavy atom. The van der Waals surface area contributed by atoms with Crippen molar-refractivity contribution in [3.05, 3.63) is 49.8 Å². The number of rotatable bonds is 2. The highest BCUT2D eigenvalue weighted by molar-refractivity contribution is 7.12. The number of hydrogen-bond acceptors (Lipinski definition) is 5. The van der Waals surface area contributed by atoms with E-state index in [2.05, 4.69) is 9.97 Å². The third-order valence-electron chi connectivity index (χ3n) is 3.34. The van der Waals surface area contributed by atoms with Gasteiger partial charge in [0.15, 0.2) is 16.5 Å². The van der Waals surface area contributed by atoms with Crippen molar-refractivity contribution in [2.24, 2.45) is 0 Å². The summed E-state index contributed by atoms with van der Waals surface area (Å²) in [4.78, 5) is 31.1. The number of aromatic nitrogens is 3. The highest BCUT2D eigenvalue weighted by atomic mass is 35.5. The minimum Gasteiger partial charge on any atom is -0.477 e. The number of carboxylic acid groups (broad SMARTS) is 1. The molecule has 6 nitrogen and oxygen atoms in total. The second-order valence-electron chi connectivity index (χ2n) is 5.02. The SMILES string of the molecule is Cc1cc(Cl)nc2c1c(=O)c(C(=O)O)cn2-c1nc(C(F)(F)F)cs1. The number of nitrogens with zero attached hydrogens (tertiary/aromatic N) is 3. The van der Waals surface area contributed by atoms with Gasteiger partial charge in [-0.05, 0) is 18.6 Å². The molecule has 0 bridgehead atoms. The zero-order valence-corrected chi connectivity index (χ0v) is 13.8. The Hall–Kier alpha value is -2.46. The van der Waals surface area contributed by atoms with Crippen LogP contribution in [0.5, 0.6) is 0 Å². The van der Waals surface area contributed by atoms with E-state index in [0.717, 1.165) is 16.1 Å². The van der Waals surface area contributed by atoms with Gasteiger partial charge in [-0.25, -0.2) is 14.8 Å². The molecule has 0 unspecified atom stereocenters. The fourth-order valence-corrected chi connectivity index (χ4v) is 3.31. The summed E-state index contributed by atoms with van der Waals surface area (Å²) in [5.41, 5.74) is -2.25. The molecular formula is C14H7ClF3N3O3S. The lowest BCUT2D eigenvalue weighted by Crippen LogP contribution is -2.20. The van der Waals surface area contributed by atoms with Crippen LogP contribution in [0.2, 0.25) is 5.15 Å². The number of carbonyl (C=O) groups is 1. The Balaban J connectivity index is 2.42. The second-order valence-corrected chi connectivity index (χ2v) is 6.24. The average molecular weight is 390 g/mol. The van der Waals surface area contributed by atoms with Crippen molar-refractivity contribution in [1.82, 2.24) is 14.5 Å². The maximum absolute atomic E-state index is 12.8. The van der Waals surface area contributed by atoms with E-state index >= 15 is 0 Å². The van der Waals surface area contributed by atoms with Crippen LogP contribution >= 0.6 is 22.9 Å². The minimum absolute atomic E-state index is 0.00817. The first-order valence-electron chi connectivity index (χ1n) is 6.58. The third kappa shape index (κ3) is 2.98. The average Bonchev–Trinajstić information content (AvgIpc) is 2.96. The van der Waals surface area contributed by atoms with Crippen LogP contribution in [0.1, 0.15) is 21.6 Å². The van der Waals surface area contributed by atoms with Crippen LogP contribution in [-0.2, 0) is 6.18 Å². The van der Waals surface area contributed by atoms with E-state index in [1.165, 1.54) is 13.0 Å². The monoisotopic (exact) mass is 389 g/mol. The van der Waals surface area contributed by atoms with E-state index in [1.807, 2.05) is 0 Å². The van der Waals surface area contributed by atoms with Crippen molar-refractivity contribution in [2.75, 3.05) is 0 Å². The molecule has 3 aromatic heterocycles. The van der Waals surface area contributed by atoms with Crippen LogP contribution < -0.4 is 5.43 Å². The Bertz CT molecular complexity index is 1070. The zero-order chi connectivity index (χ0) is 18.5. The molecule has 0 aliphatic heterocycles. The van der Waals surface area contributed by atoms with Gasteiger partial charge < -0.3 is 5.11 Å². The predicted molar refractivity (Wildman–Crippen MR) is 84.7 cm³/mol. The van der Waals surface area contributed by atoms with Gasteiger partial charge in [0.2, 0.25) is 5.43 Å². The molecule has 11 heteroatoms. The molecule has 25 heavy (non-hydrogen) atoms. The zero-order valence-electron chi connectivity index (χ0n) is 12.3. The summed E-state index contributed by atoms with van der Waals surface area (Å²) in [5.74, 6) is -1.51. The van der Waals surface area contributed by atoms with Crippen molar-refractivity contribution < 1.29 is 23.1 Å². The van der Waals surface area contributed by atoms with Gasteiger partial charge in [-0.1, -0.05) is 11.6 Å². The van der Waals surface area contributed by atoms with E-state index in [1.54, 1.807) is 0 Å². The lowest BCUT2D eigenvalue weighted by molar-refractivity contribution is -0.140. The van der Waals surface area contributed by atoms with Crippen LogP contribution in [0.4, 0.5) is 13.2 Å². The van der Waals surface area contributed by atoms with Crippen molar-refractivity contribution in [3.63, 3.8) is 0 Å². The highest BCUT2D eigenvalue weighted by Gasteiger charge is 2.34. The maximum atomic E-state index is 12.8. The normalized spacial score (nSPS) is 11.9. The molecule has 0 atom stereocenters. The van der Waals surface area contributed by atoms with Gasteiger partial charge in [-0.3, -0.25) is 9.36 Å². The van der Waals surface area contributed by atoms with E-state index in [-0.39, 0.29) is 21.3 Å². The van der Waals surface area contributed by atoms with Crippen LogP contribution in [-0.4, -0.2) is 25.6 Å². The summed E-state index contributed by atoms with van der Waals surface area (Å²) in [6.07, 6.45) is -3.75. The van der Waals surface area contributed by atoms with Gasteiger partial charge in [0.25, 0.3) is 0 Å². The molecule has 0 aromatic carbocycles. The standard InChI is InChI=1S/C14H7ClF3N3O3S/c1-5-2-8(15)20-11-9(5)10(22)6(12(23)24)3-21(11)13-19-7(4-25-13)14(16,17)18/h2-4H,1H3,(H,23,24). The summed E-state index contributed by atoms with van der Waals surface area (Å²) in [6.45, 7) is 1.52. The molecule has 0 saturated carbocycles. The molecule has 0 fully saturated rings. The molecule has 0 amide bonds. The van der Waals surface area contributed by atoms with Crippen LogP contribution in [0.25, 0.3) is 16.2 Å². The van der Waals surface area contributed by atoms with E-state index < -0.39 is 28.8 Å². The van der Waals surface area contributed by atoms with E-state index in [9.17, 15) is 27.9 Å². The summed E-state index contributed by atoms with van der Waals surface area (Å²) in [7, 11) is 0. The number of thiazole rings is 1. The Labute approximate surface area is 146 Å². The van der Waals surface area contributed by atoms with Crippen LogP contribution in [0.3, 0.4) is 0 Å². The summed E-state index contributed by atoms with van der Waals surface area (Å²) in [5, 5.41) is 9.78. The molecule has 0 aliphatic rings. The van der Waals surface area contributed by atoms with Gasteiger partial charge in [-0.15, -0.1) is 11.3 Å². The van der Waals surface area contributed by atoms with Gasteiger partial charge in [0.05, 0.1) is 5.39 Å². The van der Waals surface area contributed by atoms with Gasteiger partial charge >= 0.3 is 12.1 Å². The third-order valence-corrected chi connectivity index (χ3v) is 4.38. The summed E-state index contributed by atoms with van der Waals surface area (Å²) < 4.78 is 39.4. The number of alkyl halides is 3. The number of hydrogen-bond donors (Lipinski definition) is 1. The first-order chi connectivity index (χ1) is 11.6.